The molecule has 0 amide bonds. The molecule has 0 aliphatic heterocycles. The van der Waals surface area contributed by atoms with E-state index in [-0.39, 0.29) is 5.54 Å². The second kappa shape index (κ2) is 2.74. The van der Waals surface area contributed by atoms with Gasteiger partial charge in [0.05, 0.1) is 0 Å². The lowest BCUT2D eigenvalue weighted by Gasteiger charge is -2.13. The minimum atomic E-state index is -0.146. The molecule has 1 fully saturated rings. The van der Waals surface area contributed by atoms with Gasteiger partial charge in [0.15, 0.2) is 0 Å². The van der Waals surface area contributed by atoms with E-state index in [1.165, 1.54) is 0 Å². The van der Waals surface area contributed by atoms with E-state index < -0.39 is 0 Å². The molecule has 76 valence electrons. The minimum Gasteiger partial charge on any atom is -0.507 e. The number of benzene rings is 2. The van der Waals surface area contributed by atoms with Crippen molar-refractivity contribution >= 4 is 10.8 Å². The average molecular weight is 199 g/mol. The summed E-state index contributed by atoms with van der Waals surface area (Å²) >= 11 is 0. The van der Waals surface area contributed by atoms with E-state index in [1.807, 2.05) is 24.3 Å². The van der Waals surface area contributed by atoms with E-state index >= 15 is 0 Å². The number of phenols is 1. The SMILES string of the molecule is NC1(c2cccc3c(O)cccc23)CC1. The van der Waals surface area contributed by atoms with Crippen LogP contribution in [-0.4, -0.2) is 5.11 Å². The highest BCUT2D eigenvalue weighted by atomic mass is 16.3. The topological polar surface area (TPSA) is 46.2 Å². The molecule has 3 rings (SSSR count). The first-order chi connectivity index (χ1) is 7.21. The molecule has 2 nitrogen and oxygen atoms in total. The van der Waals surface area contributed by atoms with E-state index in [0.717, 1.165) is 29.2 Å². The number of hydrogen-bond acceptors (Lipinski definition) is 2. The Hall–Kier alpha value is -1.54. The van der Waals surface area contributed by atoms with Crippen molar-refractivity contribution in [1.82, 2.24) is 0 Å². The van der Waals surface area contributed by atoms with E-state index in [1.54, 1.807) is 6.07 Å². The zero-order valence-corrected chi connectivity index (χ0v) is 8.40. The number of phenolic OH excluding ortho intramolecular Hbond substituents is 1. The first kappa shape index (κ1) is 8.74. The normalized spacial score (nSPS) is 17.9. The highest BCUT2D eigenvalue weighted by Crippen LogP contribution is 2.45. The van der Waals surface area contributed by atoms with Crippen molar-refractivity contribution in [1.29, 1.82) is 0 Å². The standard InChI is InChI=1S/C13H13NO/c14-13(7-8-13)11-5-1-4-10-9(11)3-2-6-12(10)15/h1-6,15H,7-8,14H2. The van der Waals surface area contributed by atoms with Gasteiger partial charge < -0.3 is 10.8 Å². The van der Waals surface area contributed by atoms with Crippen LogP contribution in [0.1, 0.15) is 18.4 Å². The number of nitrogens with two attached hydrogens (primary N) is 1. The van der Waals surface area contributed by atoms with Crippen LogP contribution in [0.25, 0.3) is 10.8 Å². The average Bonchev–Trinajstić information content (AvgIpc) is 2.98. The highest BCUT2D eigenvalue weighted by molar-refractivity contribution is 5.91. The molecule has 0 spiro atoms. The highest BCUT2D eigenvalue weighted by Gasteiger charge is 2.40. The second-order valence-electron chi connectivity index (χ2n) is 4.33. The van der Waals surface area contributed by atoms with Crippen LogP contribution >= 0.6 is 0 Å². The molecule has 0 atom stereocenters. The van der Waals surface area contributed by atoms with Crippen molar-refractivity contribution in [3.63, 3.8) is 0 Å². The Morgan fingerprint density at radius 2 is 1.67 bits per heavy atom. The molecule has 0 heterocycles. The van der Waals surface area contributed by atoms with Crippen LogP contribution < -0.4 is 5.73 Å². The molecule has 0 bridgehead atoms. The summed E-state index contributed by atoms with van der Waals surface area (Å²) in [4.78, 5) is 0. The lowest BCUT2D eigenvalue weighted by Crippen LogP contribution is -2.18. The van der Waals surface area contributed by atoms with E-state index in [0.29, 0.717) is 5.75 Å². The Morgan fingerprint density at radius 3 is 2.40 bits per heavy atom. The maximum atomic E-state index is 9.74. The summed E-state index contributed by atoms with van der Waals surface area (Å²) < 4.78 is 0. The summed E-state index contributed by atoms with van der Waals surface area (Å²) in [5, 5.41) is 11.7. The van der Waals surface area contributed by atoms with Gasteiger partial charge in [-0.25, -0.2) is 0 Å². The third-order valence-corrected chi connectivity index (χ3v) is 3.22. The second-order valence-corrected chi connectivity index (χ2v) is 4.33. The van der Waals surface area contributed by atoms with Crippen LogP contribution in [0.15, 0.2) is 36.4 Å². The van der Waals surface area contributed by atoms with Crippen molar-refractivity contribution in [3.8, 4) is 5.75 Å². The Morgan fingerprint density at radius 1 is 1.00 bits per heavy atom. The minimum absolute atomic E-state index is 0.146. The summed E-state index contributed by atoms with van der Waals surface area (Å²) in [5.74, 6) is 0.332. The van der Waals surface area contributed by atoms with Crippen LogP contribution in [-0.2, 0) is 5.54 Å². The van der Waals surface area contributed by atoms with Crippen LogP contribution in [0.2, 0.25) is 0 Å². The van der Waals surface area contributed by atoms with Crippen LogP contribution in [0.5, 0.6) is 5.75 Å². The molecule has 2 heteroatoms. The zero-order chi connectivity index (χ0) is 10.5. The molecular formula is C13H13NO. The van der Waals surface area contributed by atoms with Gasteiger partial charge in [-0.1, -0.05) is 30.3 Å². The van der Waals surface area contributed by atoms with Crippen molar-refractivity contribution < 1.29 is 5.11 Å². The molecule has 0 saturated heterocycles. The van der Waals surface area contributed by atoms with Crippen molar-refractivity contribution in [2.24, 2.45) is 5.73 Å². The molecule has 2 aromatic rings. The molecule has 2 aromatic carbocycles. The van der Waals surface area contributed by atoms with Crippen molar-refractivity contribution in [2.45, 2.75) is 18.4 Å². The van der Waals surface area contributed by atoms with Gasteiger partial charge in [-0.15, -0.1) is 0 Å². The summed E-state index contributed by atoms with van der Waals surface area (Å²) in [7, 11) is 0. The monoisotopic (exact) mass is 199 g/mol. The molecule has 15 heavy (non-hydrogen) atoms. The fourth-order valence-electron chi connectivity index (χ4n) is 2.13. The van der Waals surface area contributed by atoms with Crippen LogP contribution in [0.4, 0.5) is 0 Å². The third kappa shape index (κ3) is 1.22. The Bertz CT molecular complexity index is 529. The molecule has 1 aliphatic rings. The molecular weight excluding hydrogens is 186 g/mol. The van der Waals surface area contributed by atoms with E-state index in [4.69, 9.17) is 5.73 Å². The summed E-state index contributed by atoms with van der Waals surface area (Å²) in [5.41, 5.74) is 7.22. The largest absolute Gasteiger partial charge is 0.507 e. The molecule has 0 radical (unpaired) electrons. The van der Waals surface area contributed by atoms with Crippen molar-refractivity contribution in [3.05, 3.63) is 42.0 Å². The van der Waals surface area contributed by atoms with Gasteiger partial charge in [0, 0.05) is 10.9 Å². The lowest BCUT2D eigenvalue weighted by molar-refractivity contribution is 0.481. The van der Waals surface area contributed by atoms with Crippen LogP contribution in [0, 0.1) is 0 Å². The quantitative estimate of drug-likeness (QED) is 0.741. The summed E-state index contributed by atoms with van der Waals surface area (Å²) in [6, 6.07) is 11.6. The zero-order valence-electron chi connectivity index (χ0n) is 8.40. The Balaban J connectivity index is 2.36. The lowest BCUT2D eigenvalue weighted by atomic mass is 9.97. The maximum absolute atomic E-state index is 9.74. The Kier molecular flexibility index (Phi) is 1.59. The Labute approximate surface area is 88.3 Å². The fourth-order valence-corrected chi connectivity index (χ4v) is 2.13. The molecule has 0 unspecified atom stereocenters. The first-order valence-electron chi connectivity index (χ1n) is 5.21. The first-order valence-corrected chi connectivity index (χ1v) is 5.21. The number of rotatable bonds is 1. The summed E-state index contributed by atoms with van der Waals surface area (Å²) in [6.45, 7) is 0. The molecule has 3 N–H and O–H groups in total. The summed E-state index contributed by atoms with van der Waals surface area (Å²) in [6.07, 6.45) is 2.09. The van der Waals surface area contributed by atoms with Gasteiger partial charge in [0.2, 0.25) is 0 Å². The predicted molar refractivity (Wildman–Crippen MR) is 60.7 cm³/mol. The van der Waals surface area contributed by atoms with Gasteiger partial charge in [0.1, 0.15) is 5.75 Å². The van der Waals surface area contributed by atoms with Gasteiger partial charge in [-0.3, -0.25) is 0 Å². The molecule has 0 aromatic heterocycles. The smallest absolute Gasteiger partial charge is 0.123 e. The van der Waals surface area contributed by atoms with E-state index in [2.05, 4.69) is 6.07 Å². The number of aromatic hydroxyl groups is 1. The third-order valence-electron chi connectivity index (χ3n) is 3.22. The van der Waals surface area contributed by atoms with Crippen molar-refractivity contribution in [2.75, 3.05) is 0 Å². The van der Waals surface area contributed by atoms with Gasteiger partial charge >= 0.3 is 0 Å². The van der Waals surface area contributed by atoms with E-state index in [9.17, 15) is 5.11 Å². The molecule has 1 saturated carbocycles. The number of fused-ring (bicyclic) bond motifs is 1. The maximum Gasteiger partial charge on any atom is 0.123 e. The van der Waals surface area contributed by atoms with Gasteiger partial charge in [-0.05, 0) is 29.9 Å². The van der Waals surface area contributed by atoms with Gasteiger partial charge in [-0.2, -0.15) is 0 Å². The van der Waals surface area contributed by atoms with Gasteiger partial charge in [0.25, 0.3) is 0 Å². The predicted octanol–water partition coefficient (Wildman–Crippen LogP) is 2.49. The number of hydrogen-bond donors (Lipinski definition) is 2. The van der Waals surface area contributed by atoms with Crippen LogP contribution in [0.3, 0.4) is 0 Å². The fraction of sp³-hybridized carbons (Fsp3) is 0.231. The molecule has 1 aliphatic carbocycles.